The maximum atomic E-state index is 11.7. The van der Waals surface area contributed by atoms with Crippen LogP contribution in [0.15, 0.2) is 0 Å². The third-order valence-corrected chi connectivity index (χ3v) is 3.13. The van der Waals surface area contributed by atoms with Gasteiger partial charge in [-0.2, -0.15) is 0 Å². The first kappa shape index (κ1) is 19.5. The lowest BCUT2D eigenvalue weighted by molar-refractivity contribution is -0.139. The Bertz CT molecular complexity index is 443. The summed E-state index contributed by atoms with van der Waals surface area (Å²) < 4.78 is 49.8. The minimum Gasteiger partial charge on any atom is -0.480 e. The molecule has 0 rings (SSSR count). The Morgan fingerprint density at radius 1 is 1.33 bits per heavy atom. The van der Waals surface area contributed by atoms with Crippen LogP contribution in [0, 0.1) is 0 Å². The van der Waals surface area contributed by atoms with Gasteiger partial charge in [0.1, 0.15) is 22.5 Å². The van der Waals surface area contributed by atoms with Crippen molar-refractivity contribution in [3.63, 3.8) is 0 Å². The molecule has 21 heavy (non-hydrogen) atoms. The summed E-state index contributed by atoms with van der Waals surface area (Å²) in [5.41, 5.74) is 0. The Balaban J connectivity index is 4.04. The molecule has 8 nitrogen and oxygen atoms in total. The number of carbonyl (C=O) groups is 2. The number of urea groups is 1. The maximum absolute atomic E-state index is 11.7. The van der Waals surface area contributed by atoms with Gasteiger partial charge in [0.25, 0.3) is 6.43 Å². The van der Waals surface area contributed by atoms with Gasteiger partial charge in [0, 0.05) is 12.8 Å². The topological polar surface area (TPSA) is 122 Å². The van der Waals surface area contributed by atoms with Crippen LogP contribution in [-0.2, 0) is 19.4 Å². The second-order valence-electron chi connectivity index (χ2n) is 4.18. The quantitative estimate of drug-likeness (QED) is 0.462. The Morgan fingerprint density at radius 3 is 2.43 bits per heavy atom. The SMILES string of the molecule is CS(=O)(=O)CCC(NC(=O)NCCOCC(F)F)C(=O)O. The van der Waals surface area contributed by atoms with Crippen molar-refractivity contribution >= 4 is 21.8 Å². The predicted octanol–water partition coefficient (Wildman–Crippen LogP) is -0.545. The van der Waals surface area contributed by atoms with Gasteiger partial charge in [-0.25, -0.2) is 26.8 Å². The highest BCUT2D eigenvalue weighted by Crippen LogP contribution is 1.97. The van der Waals surface area contributed by atoms with E-state index in [0.717, 1.165) is 6.26 Å². The molecule has 0 aliphatic carbocycles. The number of carboxylic acids is 1. The van der Waals surface area contributed by atoms with E-state index in [1.54, 1.807) is 0 Å². The highest BCUT2D eigenvalue weighted by molar-refractivity contribution is 7.90. The average Bonchev–Trinajstić information content (AvgIpc) is 2.32. The van der Waals surface area contributed by atoms with E-state index in [-0.39, 0.29) is 25.3 Å². The van der Waals surface area contributed by atoms with Gasteiger partial charge >= 0.3 is 12.0 Å². The minimum atomic E-state index is -3.35. The number of nitrogens with one attached hydrogen (secondary N) is 2. The molecule has 2 amide bonds. The Kier molecular flexibility index (Phi) is 8.78. The van der Waals surface area contributed by atoms with Crippen LogP contribution in [0.1, 0.15) is 6.42 Å². The molecular weight excluding hydrogens is 314 g/mol. The normalized spacial score (nSPS) is 13.0. The molecule has 11 heteroatoms. The van der Waals surface area contributed by atoms with E-state index in [4.69, 9.17) is 5.11 Å². The number of ether oxygens (including phenoxy) is 1. The minimum absolute atomic E-state index is 0.0863. The summed E-state index contributed by atoms with van der Waals surface area (Å²) in [6.07, 6.45) is -1.93. The van der Waals surface area contributed by atoms with Crippen LogP contribution in [0.4, 0.5) is 13.6 Å². The van der Waals surface area contributed by atoms with E-state index < -0.39 is 40.9 Å². The monoisotopic (exact) mass is 332 g/mol. The molecule has 1 atom stereocenters. The van der Waals surface area contributed by atoms with Crippen molar-refractivity contribution in [3.05, 3.63) is 0 Å². The molecule has 1 unspecified atom stereocenters. The van der Waals surface area contributed by atoms with E-state index in [1.165, 1.54) is 0 Å². The van der Waals surface area contributed by atoms with Crippen LogP contribution < -0.4 is 10.6 Å². The van der Waals surface area contributed by atoms with Gasteiger partial charge in [0.05, 0.1) is 12.4 Å². The van der Waals surface area contributed by atoms with Crippen molar-refractivity contribution in [2.24, 2.45) is 0 Å². The van der Waals surface area contributed by atoms with E-state index in [1.807, 2.05) is 0 Å². The largest absolute Gasteiger partial charge is 0.480 e. The zero-order chi connectivity index (χ0) is 16.5. The Labute approximate surface area is 120 Å². The van der Waals surface area contributed by atoms with Crippen molar-refractivity contribution in [2.75, 3.05) is 31.8 Å². The van der Waals surface area contributed by atoms with Gasteiger partial charge in [-0.3, -0.25) is 0 Å². The number of aliphatic carboxylic acids is 1. The maximum Gasteiger partial charge on any atom is 0.326 e. The summed E-state index contributed by atoms with van der Waals surface area (Å²) in [6, 6.07) is -2.21. The third-order valence-electron chi connectivity index (χ3n) is 2.16. The standard InChI is InChI=1S/C10H18F2N2O6S/c1-21(18,19)5-2-7(9(15)16)14-10(17)13-3-4-20-6-8(11)12/h7-8H,2-6H2,1H3,(H,15,16)(H2,13,14,17). The van der Waals surface area contributed by atoms with Crippen molar-refractivity contribution in [1.82, 2.24) is 10.6 Å². The first-order valence-corrected chi connectivity index (χ1v) is 7.98. The fourth-order valence-electron chi connectivity index (χ4n) is 1.21. The van der Waals surface area contributed by atoms with E-state index in [2.05, 4.69) is 15.4 Å². The molecule has 0 bridgehead atoms. The number of alkyl halides is 2. The molecule has 0 aliphatic rings. The molecule has 0 aromatic heterocycles. The van der Waals surface area contributed by atoms with E-state index in [0.29, 0.717) is 0 Å². The van der Waals surface area contributed by atoms with Crippen LogP contribution >= 0.6 is 0 Å². The molecule has 0 aliphatic heterocycles. The third kappa shape index (κ3) is 12.0. The molecule has 0 heterocycles. The second-order valence-corrected chi connectivity index (χ2v) is 6.44. The molecule has 0 aromatic carbocycles. The number of hydrogen-bond acceptors (Lipinski definition) is 5. The number of hydrogen-bond donors (Lipinski definition) is 3. The molecule has 0 aromatic rings. The number of sulfone groups is 1. The summed E-state index contributed by atoms with van der Waals surface area (Å²) >= 11 is 0. The first-order chi connectivity index (χ1) is 9.61. The fraction of sp³-hybridized carbons (Fsp3) is 0.800. The Hall–Kier alpha value is -1.49. The zero-order valence-corrected chi connectivity index (χ0v) is 12.2. The highest BCUT2D eigenvalue weighted by atomic mass is 32.2. The molecule has 0 radical (unpaired) electrons. The fourth-order valence-corrected chi connectivity index (χ4v) is 1.87. The summed E-state index contributed by atoms with van der Waals surface area (Å²) in [6.45, 7) is -0.995. The molecule has 3 N–H and O–H groups in total. The van der Waals surface area contributed by atoms with Crippen LogP contribution in [0.3, 0.4) is 0 Å². The molecule has 0 fully saturated rings. The summed E-state index contributed by atoms with van der Waals surface area (Å²) in [4.78, 5) is 22.2. The van der Waals surface area contributed by atoms with Crippen LogP contribution in [-0.4, -0.2) is 69.8 Å². The van der Waals surface area contributed by atoms with Crippen molar-refractivity contribution in [1.29, 1.82) is 0 Å². The molecule has 0 saturated heterocycles. The lowest BCUT2D eigenvalue weighted by atomic mass is 10.2. The average molecular weight is 332 g/mol. The second kappa shape index (κ2) is 9.45. The van der Waals surface area contributed by atoms with Crippen molar-refractivity contribution in [2.45, 2.75) is 18.9 Å². The molecule has 0 saturated carbocycles. The van der Waals surface area contributed by atoms with E-state index >= 15 is 0 Å². The van der Waals surface area contributed by atoms with Crippen molar-refractivity contribution in [3.8, 4) is 0 Å². The van der Waals surface area contributed by atoms with Crippen LogP contribution in [0.2, 0.25) is 0 Å². The summed E-state index contributed by atoms with van der Waals surface area (Å²) in [7, 11) is -3.35. The van der Waals surface area contributed by atoms with Crippen molar-refractivity contribution < 1.29 is 36.6 Å². The summed E-state index contributed by atoms with van der Waals surface area (Å²) in [5.74, 6) is -1.76. The smallest absolute Gasteiger partial charge is 0.326 e. The van der Waals surface area contributed by atoms with Crippen LogP contribution in [0.25, 0.3) is 0 Å². The predicted molar refractivity (Wildman–Crippen MR) is 69.1 cm³/mol. The molecule has 0 spiro atoms. The van der Waals surface area contributed by atoms with Gasteiger partial charge in [0.2, 0.25) is 0 Å². The van der Waals surface area contributed by atoms with Gasteiger partial charge in [0.15, 0.2) is 0 Å². The number of halogens is 2. The number of amides is 2. The van der Waals surface area contributed by atoms with Gasteiger partial charge in [-0.05, 0) is 6.42 Å². The lowest BCUT2D eigenvalue weighted by Gasteiger charge is -2.14. The molecule has 124 valence electrons. The van der Waals surface area contributed by atoms with Crippen LogP contribution in [0.5, 0.6) is 0 Å². The zero-order valence-electron chi connectivity index (χ0n) is 11.3. The number of carboxylic acid groups (broad SMARTS) is 1. The number of rotatable bonds is 10. The first-order valence-electron chi connectivity index (χ1n) is 5.92. The van der Waals surface area contributed by atoms with Gasteiger partial charge in [-0.1, -0.05) is 0 Å². The lowest BCUT2D eigenvalue weighted by Crippen LogP contribution is -2.47. The summed E-state index contributed by atoms with van der Waals surface area (Å²) in [5, 5.41) is 13.1. The number of carbonyl (C=O) groups excluding carboxylic acids is 1. The van der Waals surface area contributed by atoms with Gasteiger partial charge < -0.3 is 20.5 Å². The molecular formula is C10H18F2N2O6S. The highest BCUT2D eigenvalue weighted by Gasteiger charge is 2.21. The van der Waals surface area contributed by atoms with Gasteiger partial charge in [-0.15, -0.1) is 0 Å². The Morgan fingerprint density at radius 2 is 1.95 bits per heavy atom. The van der Waals surface area contributed by atoms with E-state index in [9.17, 15) is 26.8 Å².